The minimum Gasteiger partial charge on any atom is -0.464 e. The first-order chi connectivity index (χ1) is 10.8. The Morgan fingerprint density at radius 2 is 2.17 bits per heavy atom. The van der Waals surface area contributed by atoms with Crippen LogP contribution in [0.3, 0.4) is 0 Å². The fourth-order valence-electron chi connectivity index (χ4n) is 2.92. The van der Waals surface area contributed by atoms with Crippen LogP contribution in [0.1, 0.15) is 43.7 Å². The Hall–Kier alpha value is -1.50. The molecule has 0 aromatic carbocycles. The van der Waals surface area contributed by atoms with E-state index in [4.69, 9.17) is 4.42 Å². The zero-order chi connectivity index (χ0) is 17.0. The summed E-state index contributed by atoms with van der Waals surface area (Å²) in [6.45, 7) is 5.13. The van der Waals surface area contributed by atoms with Crippen molar-refractivity contribution >= 4 is 15.9 Å². The summed E-state index contributed by atoms with van der Waals surface area (Å²) >= 11 is 0. The van der Waals surface area contributed by atoms with E-state index in [0.717, 1.165) is 24.4 Å². The lowest BCUT2D eigenvalue weighted by Gasteiger charge is -2.37. The number of amides is 2. The van der Waals surface area contributed by atoms with Crippen LogP contribution >= 0.6 is 0 Å². The minimum absolute atomic E-state index is 0.0534. The lowest BCUT2D eigenvalue weighted by Crippen LogP contribution is -2.46. The monoisotopic (exact) mass is 342 g/mol. The Morgan fingerprint density at radius 3 is 2.78 bits per heavy atom. The fourth-order valence-corrected chi connectivity index (χ4v) is 3.59. The lowest BCUT2D eigenvalue weighted by atomic mass is 9.91. The third-order valence-corrected chi connectivity index (χ3v) is 5.21. The lowest BCUT2D eigenvalue weighted by molar-refractivity contribution is 0.119. The van der Waals surface area contributed by atoms with Crippen molar-refractivity contribution in [3.8, 4) is 0 Å². The van der Waals surface area contributed by atoms with Crippen LogP contribution in [0.2, 0.25) is 0 Å². The van der Waals surface area contributed by atoms with Gasteiger partial charge >= 0.3 is 6.03 Å². The molecule has 1 aromatic heterocycles. The largest absolute Gasteiger partial charge is 0.464 e. The third-order valence-electron chi connectivity index (χ3n) is 4.18. The van der Waals surface area contributed by atoms with Crippen LogP contribution in [0.4, 0.5) is 4.79 Å². The third kappa shape index (κ3) is 5.27. The molecule has 0 bridgehead atoms. The van der Waals surface area contributed by atoms with Crippen LogP contribution in [0, 0.1) is 12.8 Å². The molecule has 2 atom stereocenters. The zero-order valence-electron chi connectivity index (χ0n) is 14.0. The molecule has 1 aliphatic rings. The van der Waals surface area contributed by atoms with Crippen molar-refractivity contribution in [2.45, 2.75) is 39.2 Å². The summed E-state index contributed by atoms with van der Waals surface area (Å²) in [7, 11) is -2.99. The molecule has 1 aromatic rings. The second kappa shape index (κ2) is 7.38. The van der Waals surface area contributed by atoms with Crippen molar-refractivity contribution in [3.63, 3.8) is 0 Å². The summed E-state index contributed by atoms with van der Waals surface area (Å²) < 4.78 is 28.0. The van der Waals surface area contributed by atoms with Gasteiger partial charge in [-0.2, -0.15) is 0 Å². The molecule has 6 nitrogen and oxygen atoms in total. The first-order valence-electron chi connectivity index (χ1n) is 8.05. The normalized spacial score (nSPS) is 22.1. The number of furan rings is 1. The highest BCUT2D eigenvalue weighted by atomic mass is 32.2. The van der Waals surface area contributed by atoms with E-state index in [-0.39, 0.29) is 17.8 Å². The summed E-state index contributed by atoms with van der Waals surface area (Å²) in [6.07, 6.45) is 3.48. The van der Waals surface area contributed by atoms with Crippen LogP contribution in [0.15, 0.2) is 16.5 Å². The predicted molar refractivity (Wildman–Crippen MR) is 89.0 cm³/mol. The van der Waals surface area contributed by atoms with E-state index in [0.29, 0.717) is 25.4 Å². The van der Waals surface area contributed by atoms with Gasteiger partial charge in [0.2, 0.25) is 0 Å². The van der Waals surface area contributed by atoms with Gasteiger partial charge < -0.3 is 14.6 Å². The Balaban J connectivity index is 1.96. The number of hydrogen-bond acceptors (Lipinski definition) is 4. The smallest absolute Gasteiger partial charge is 0.318 e. The highest BCUT2D eigenvalue weighted by Gasteiger charge is 2.32. The van der Waals surface area contributed by atoms with Gasteiger partial charge in [-0.15, -0.1) is 0 Å². The number of urea groups is 1. The molecule has 7 heteroatoms. The molecule has 1 N–H and O–H groups in total. The quantitative estimate of drug-likeness (QED) is 0.834. The molecule has 1 fully saturated rings. The Bertz CT molecular complexity index is 638. The van der Waals surface area contributed by atoms with Crippen LogP contribution in [-0.4, -0.2) is 44.4 Å². The molecule has 1 aliphatic heterocycles. The van der Waals surface area contributed by atoms with Crippen molar-refractivity contribution in [2.75, 3.05) is 25.1 Å². The number of rotatable bonds is 5. The van der Waals surface area contributed by atoms with Crippen molar-refractivity contribution < 1.29 is 17.6 Å². The summed E-state index contributed by atoms with van der Waals surface area (Å²) in [6, 6.07) is 3.64. The predicted octanol–water partition coefficient (Wildman–Crippen LogP) is 2.51. The Morgan fingerprint density at radius 1 is 1.43 bits per heavy atom. The number of nitrogens with one attached hydrogen (secondary N) is 1. The van der Waals surface area contributed by atoms with Crippen molar-refractivity contribution in [1.82, 2.24) is 10.2 Å². The molecule has 2 heterocycles. The highest BCUT2D eigenvalue weighted by molar-refractivity contribution is 7.90. The van der Waals surface area contributed by atoms with Crippen LogP contribution in [0.5, 0.6) is 0 Å². The van der Waals surface area contributed by atoms with Gasteiger partial charge in [0.25, 0.3) is 0 Å². The van der Waals surface area contributed by atoms with E-state index in [1.807, 2.05) is 19.1 Å². The molecule has 23 heavy (non-hydrogen) atoms. The molecular weight excluding hydrogens is 316 g/mol. The van der Waals surface area contributed by atoms with Gasteiger partial charge in [-0.3, -0.25) is 0 Å². The summed E-state index contributed by atoms with van der Waals surface area (Å²) in [5, 5.41) is 2.83. The average molecular weight is 342 g/mol. The van der Waals surface area contributed by atoms with E-state index in [2.05, 4.69) is 12.2 Å². The van der Waals surface area contributed by atoms with Gasteiger partial charge in [-0.1, -0.05) is 6.92 Å². The number of carbonyl (C=O) groups excluding carboxylic acids is 1. The van der Waals surface area contributed by atoms with Gasteiger partial charge in [0.15, 0.2) is 0 Å². The van der Waals surface area contributed by atoms with Gasteiger partial charge in [0.1, 0.15) is 21.4 Å². The molecule has 0 saturated carbocycles. The molecule has 1 saturated heterocycles. The molecule has 0 unspecified atom stereocenters. The number of piperidine rings is 1. The number of sulfone groups is 1. The first kappa shape index (κ1) is 17.8. The van der Waals surface area contributed by atoms with E-state index in [9.17, 15) is 13.2 Å². The maximum atomic E-state index is 12.4. The minimum atomic E-state index is -2.99. The number of hydrogen-bond donors (Lipinski definition) is 1. The second-order valence-corrected chi connectivity index (χ2v) is 8.76. The van der Waals surface area contributed by atoms with Gasteiger partial charge in [0, 0.05) is 19.3 Å². The van der Waals surface area contributed by atoms with Crippen molar-refractivity contribution in [1.29, 1.82) is 0 Å². The van der Waals surface area contributed by atoms with Gasteiger partial charge in [0.05, 0.1) is 11.8 Å². The van der Waals surface area contributed by atoms with E-state index >= 15 is 0 Å². The zero-order valence-corrected chi connectivity index (χ0v) is 14.9. The van der Waals surface area contributed by atoms with Crippen molar-refractivity contribution in [3.05, 3.63) is 23.7 Å². The highest BCUT2D eigenvalue weighted by Crippen LogP contribution is 2.34. The van der Waals surface area contributed by atoms with E-state index < -0.39 is 9.84 Å². The standard InChI is InChI=1S/C16H26N2O4S/c1-12-7-9-18(14(11-12)15-6-5-13(2)22-15)16(19)17-8-4-10-23(3,20)21/h5-6,12,14H,4,7-11H2,1-3H3,(H,17,19)/t12-,14+/m0/s1. The summed E-state index contributed by atoms with van der Waals surface area (Å²) in [5.74, 6) is 2.29. The molecule has 0 radical (unpaired) electrons. The van der Waals surface area contributed by atoms with Gasteiger partial charge in [-0.05, 0) is 44.2 Å². The van der Waals surface area contributed by atoms with Crippen LogP contribution in [-0.2, 0) is 9.84 Å². The molecular formula is C16H26N2O4S. The summed E-state index contributed by atoms with van der Waals surface area (Å²) in [5.41, 5.74) is 0. The molecule has 2 rings (SSSR count). The number of aryl methyl sites for hydroxylation is 1. The Labute approximate surface area is 138 Å². The Kier molecular flexibility index (Phi) is 5.73. The summed E-state index contributed by atoms with van der Waals surface area (Å²) in [4.78, 5) is 14.2. The topological polar surface area (TPSA) is 79.6 Å². The molecule has 0 aliphatic carbocycles. The van der Waals surface area contributed by atoms with E-state index in [1.54, 1.807) is 4.90 Å². The maximum absolute atomic E-state index is 12.4. The van der Waals surface area contributed by atoms with E-state index in [1.165, 1.54) is 6.26 Å². The number of carbonyl (C=O) groups is 1. The SMILES string of the molecule is Cc1ccc([C@H]2C[C@@H](C)CCN2C(=O)NCCCS(C)(=O)=O)o1. The number of likely N-dealkylation sites (tertiary alicyclic amines) is 1. The van der Waals surface area contributed by atoms with Crippen LogP contribution < -0.4 is 5.32 Å². The maximum Gasteiger partial charge on any atom is 0.318 e. The van der Waals surface area contributed by atoms with Crippen LogP contribution in [0.25, 0.3) is 0 Å². The molecule has 130 valence electrons. The number of nitrogens with zero attached hydrogens (tertiary/aromatic N) is 1. The fraction of sp³-hybridized carbons (Fsp3) is 0.688. The average Bonchev–Trinajstić information content (AvgIpc) is 2.89. The second-order valence-electron chi connectivity index (χ2n) is 6.50. The van der Waals surface area contributed by atoms with Gasteiger partial charge in [-0.25, -0.2) is 13.2 Å². The molecule has 0 spiro atoms. The first-order valence-corrected chi connectivity index (χ1v) is 10.1. The van der Waals surface area contributed by atoms with Crippen molar-refractivity contribution in [2.24, 2.45) is 5.92 Å². The molecule has 2 amide bonds.